The molecule has 0 spiro atoms. The van der Waals surface area contributed by atoms with E-state index in [-0.39, 0.29) is 0 Å². The molecule has 0 unspecified atom stereocenters. The maximum Gasteiger partial charge on any atom is 0.123 e. The molecule has 0 N–H and O–H groups in total. The van der Waals surface area contributed by atoms with E-state index >= 15 is 0 Å². The van der Waals surface area contributed by atoms with Crippen LogP contribution in [0.25, 0.3) is 6.08 Å². The lowest BCUT2D eigenvalue weighted by molar-refractivity contribution is -0.107. The van der Waals surface area contributed by atoms with Crippen LogP contribution >= 0.6 is 0 Å². The van der Waals surface area contributed by atoms with E-state index in [4.69, 9.17) is 0 Å². The highest BCUT2D eigenvalue weighted by atomic mass is 16.1. The largest absolute Gasteiger partial charge is 0.303 e. The summed E-state index contributed by atoms with van der Waals surface area (Å²) in [5, 5.41) is 0. The summed E-state index contributed by atoms with van der Waals surface area (Å²) < 4.78 is 0. The Labute approximate surface area is 98.2 Å². The molecule has 0 aliphatic rings. The number of aryl methyl sites for hydroxylation is 3. The molecular weight excluding hydrogens is 196 g/mol. The Hall–Kier alpha value is -1.37. The van der Waals surface area contributed by atoms with Crippen molar-refractivity contribution in [1.29, 1.82) is 0 Å². The quantitative estimate of drug-likeness (QED) is 0.685. The molecule has 0 saturated carbocycles. The van der Waals surface area contributed by atoms with Gasteiger partial charge in [-0.3, -0.25) is 0 Å². The van der Waals surface area contributed by atoms with Crippen molar-refractivity contribution in [2.24, 2.45) is 0 Å². The van der Waals surface area contributed by atoms with Crippen molar-refractivity contribution >= 4 is 12.4 Å². The first-order valence-corrected chi connectivity index (χ1v) is 5.95. The number of hydrogen-bond donors (Lipinski definition) is 0. The molecular formula is C15H20O. The molecule has 86 valence electrons. The van der Waals surface area contributed by atoms with Gasteiger partial charge < -0.3 is 4.79 Å². The summed E-state index contributed by atoms with van der Waals surface area (Å²) >= 11 is 0. The summed E-state index contributed by atoms with van der Waals surface area (Å²) in [5.41, 5.74) is 5.37. The monoisotopic (exact) mass is 216 g/mol. The fraction of sp³-hybridized carbons (Fsp3) is 0.400. The SMILES string of the molecule is CCc1cc(C)cc(CC)c1C=CCC=O. The Bertz CT molecular complexity index is 363. The van der Waals surface area contributed by atoms with E-state index in [2.05, 4.69) is 39.0 Å². The van der Waals surface area contributed by atoms with E-state index in [1.54, 1.807) is 0 Å². The van der Waals surface area contributed by atoms with Crippen LogP contribution in [0.15, 0.2) is 18.2 Å². The van der Waals surface area contributed by atoms with E-state index in [9.17, 15) is 4.79 Å². The average Bonchev–Trinajstić information content (AvgIpc) is 2.30. The molecule has 0 amide bonds. The van der Waals surface area contributed by atoms with Gasteiger partial charge in [-0.1, -0.05) is 43.7 Å². The predicted molar refractivity (Wildman–Crippen MR) is 69.7 cm³/mol. The predicted octanol–water partition coefficient (Wildman–Crippen LogP) is 3.72. The topological polar surface area (TPSA) is 17.1 Å². The van der Waals surface area contributed by atoms with Crippen LogP contribution in [0.3, 0.4) is 0 Å². The molecule has 1 aromatic rings. The molecule has 0 bridgehead atoms. The fourth-order valence-corrected chi connectivity index (χ4v) is 1.99. The van der Waals surface area contributed by atoms with Gasteiger partial charge in [0, 0.05) is 6.42 Å². The standard InChI is InChI=1S/C15H20O/c1-4-13-10-12(3)11-14(5-2)15(13)8-6-7-9-16/h6,8-11H,4-5,7H2,1-3H3. The van der Waals surface area contributed by atoms with Gasteiger partial charge in [0.1, 0.15) is 6.29 Å². The summed E-state index contributed by atoms with van der Waals surface area (Å²) in [6, 6.07) is 4.47. The lowest BCUT2D eigenvalue weighted by Crippen LogP contribution is -1.95. The van der Waals surface area contributed by atoms with Crippen LogP contribution in [0.1, 0.15) is 42.5 Å². The molecule has 1 rings (SSSR count). The van der Waals surface area contributed by atoms with Gasteiger partial charge >= 0.3 is 0 Å². The normalized spacial score (nSPS) is 10.9. The lowest BCUT2D eigenvalue weighted by Gasteiger charge is -2.11. The molecule has 0 aliphatic carbocycles. The van der Waals surface area contributed by atoms with E-state index in [1.807, 2.05) is 6.08 Å². The van der Waals surface area contributed by atoms with Crippen LogP contribution in [0, 0.1) is 6.92 Å². The van der Waals surface area contributed by atoms with Crippen molar-refractivity contribution < 1.29 is 4.79 Å². The smallest absolute Gasteiger partial charge is 0.123 e. The summed E-state index contributed by atoms with van der Waals surface area (Å²) in [7, 11) is 0. The number of hydrogen-bond acceptors (Lipinski definition) is 1. The molecule has 1 nitrogen and oxygen atoms in total. The zero-order valence-corrected chi connectivity index (χ0v) is 10.4. The maximum absolute atomic E-state index is 10.3. The van der Waals surface area contributed by atoms with Crippen molar-refractivity contribution in [3.63, 3.8) is 0 Å². The molecule has 0 radical (unpaired) electrons. The number of carbonyl (C=O) groups excluding carboxylic acids is 1. The summed E-state index contributed by atoms with van der Waals surface area (Å²) in [6.45, 7) is 6.48. The van der Waals surface area contributed by atoms with Gasteiger partial charge in [0.05, 0.1) is 0 Å². The van der Waals surface area contributed by atoms with Crippen LogP contribution in [0.4, 0.5) is 0 Å². The first kappa shape index (κ1) is 12.7. The van der Waals surface area contributed by atoms with Crippen LogP contribution < -0.4 is 0 Å². The third kappa shape index (κ3) is 3.06. The third-order valence-corrected chi connectivity index (χ3v) is 2.77. The minimum absolute atomic E-state index is 0.500. The van der Waals surface area contributed by atoms with Crippen molar-refractivity contribution in [2.75, 3.05) is 0 Å². The number of aldehydes is 1. The first-order chi connectivity index (χ1) is 7.72. The lowest BCUT2D eigenvalue weighted by atomic mass is 9.94. The van der Waals surface area contributed by atoms with Crippen molar-refractivity contribution in [2.45, 2.75) is 40.0 Å². The van der Waals surface area contributed by atoms with Crippen molar-refractivity contribution in [1.82, 2.24) is 0 Å². The molecule has 0 atom stereocenters. The Balaban J connectivity index is 3.16. The second-order valence-electron chi connectivity index (χ2n) is 4.01. The van der Waals surface area contributed by atoms with Crippen LogP contribution in [0.5, 0.6) is 0 Å². The summed E-state index contributed by atoms with van der Waals surface area (Å²) in [4.78, 5) is 10.3. The van der Waals surface area contributed by atoms with Gasteiger partial charge in [0.2, 0.25) is 0 Å². The minimum Gasteiger partial charge on any atom is -0.303 e. The molecule has 0 saturated heterocycles. The minimum atomic E-state index is 0.500. The third-order valence-electron chi connectivity index (χ3n) is 2.77. The number of rotatable bonds is 5. The van der Waals surface area contributed by atoms with E-state index in [0.29, 0.717) is 6.42 Å². The highest BCUT2D eigenvalue weighted by Gasteiger charge is 2.04. The van der Waals surface area contributed by atoms with E-state index in [1.165, 1.54) is 22.3 Å². The zero-order valence-electron chi connectivity index (χ0n) is 10.4. The van der Waals surface area contributed by atoms with Gasteiger partial charge in [-0.15, -0.1) is 0 Å². The number of allylic oxidation sites excluding steroid dienone is 1. The zero-order chi connectivity index (χ0) is 12.0. The van der Waals surface area contributed by atoms with Crippen molar-refractivity contribution in [3.8, 4) is 0 Å². The Morgan fingerprint density at radius 1 is 1.12 bits per heavy atom. The van der Waals surface area contributed by atoms with Gasteiger partial charge in [-0.2, -0.15) is 0 Å². The molecule has 1 heteroatoms. The number of carbonyl (C=O) groups is 1. The fourth-order valence-electron chi connectivity index (χ4n) is 1.99. The van der Waals surface area contributed by atoms with Gasteiger partial charge in [0.25, 0.3) is 0 Å². The molecule has 16 heavy (non-hydrogen) atoms. The molecule has 0 aromatic heterocycles. The highest BCUT2D eigenvalue weighted by Crippen LogP contribution is 2.20. The van der Waals surface area contributed by atoms with Crippen LogP contribution in [-0.4, -0.2) is 6.29 Å². The van der Waals surface area contributed by atoms with Crippen LogP contribution in [0.2, 0.25) is 0 Å². The summed E-state index contributed by atoms with van der Waals surface area (Å²) in [6.07, 6.45) is 7.54. The second kappa shape index (κ2) is 6.26. The van der Waals surface area contributed by atoms with E-state index < -0.39 is 0 Å². The Morgan fingerprint density at radius 2 is 1.69 bits per heavy atom. The Morgan fingerprint density at radius 3 is 2.12 bits per heavy atom. The molecule has 1 aromatic carbocycles. The van der Waals surface area contributed by atoms with Gasteiger partial charge in [-0.05, 0) is 36.5 Å². The molecule has 0 heterocycles. The van der Waals surface area contributed by atoms with Crippen molar-refractivity contribution in [3.05, 3.63) is 40.5 Å². The summed E-state index contributed by atoms with van der Waals surface area (Å²) in [5.74, 6) is 0. The van der Waals surface area contributed by atoms with E-state index in [0.717, 1.165) is 19.1 Å². The first-order valence-electron chi connectivity index (χ1n) is 5.95. The van der Waals surface area contributed by atoms with Crippen LogP contribution in [-0.2, 0) is 17.6 Å². The highest BCUT2D eigenvalue weighted by molar-refractivity contribution is 5.62. The molecule has 0 aliphatic heterocycles. The second-order valence-corrected chi connectivity index (χ2v) is 4.01. The van der Waals surface area contributed by atoms with Gasteiger partial charge in [-0.25, -0.2) is 0 Å². The average molecular weight is 216 g/mol. The van der Waals surface area contributed by atoms with Gasteiger partial charge in [0.15, 0.2) is 0 Å². The molecule has 0 fully saturated rings. The Kier molecular flexibility index (Phi) is 4.97. The maximum atomic E-state index is 10.3. The number of benzene rings is 1.